The highest BCUT2D eigenvalue weighted by atomic mass is 35.5. The van der Waals surface area contributed by atoms with Crippen LogP contribution in [-0.2, 0) is 6.54 Å². The second-order valence-electron chi connectivity index (χ2n) is 8.02. The molecule has 0 saturated heterocycles. The molecule has 0 bridgehead atoms. The third-order valence-corrected chi connectivity index (χ3v) is 5.52. The summed E-state index contributed by atoms with van der Waals surface area (Å²) in [6, 6.07) is 16.0. The molecule has 4 rings (SSSR count). The third kappa shape index (κ3) is 4.87. The van der Waals surface area contributed by atoms with E-state index in [0.29, 0.717) is 23.5 Å². The van der Waals surface area contributed by atoms with Gasteiger partial charge in [-0.1, -0.05) is 32.0 Å². The summed E-state index contributed by atoms with van der Waals surface area (Å²) in [7, 11) is 0. The van der Waals surface area contributed by atoms with Gasteiger partial charge in [0.05, 0.1) is 23.0 Å². The van der Waals surface area contributed by atoms with Crippen LogP contribution >= 0.6 is 23.2 Å². The minimum Gasteiger partial charge on any atom is -0.369 e. The van der Waals surface area contributed by atoms with E-state index in [1.807, 2.05) is 48.8 Å². The molecule has 0 spiro atoms. The van der Waals surface area contributed by atoms with E-state index >= 15 is 0 Å². The van der Waals surface area contributed by atoms with Crippen molar-refractivity contribution in [2.24, 2.45) is 16.1 Å². The Bertz CT molecular complexity index is 1210. The Morgan fingerprint density at radius 3 is 2.38 bits per heavy atom. The molecule has 2 aromatic heterocycles. The van der Waals surface area contributed by atoms with Crippen molar-refractivity contribution in [2.75, 3.05) is 29.7 Å². The first-order chi connectivity index (χ1) is 15.6. The average molecular weight is 469 g/mol. The number of imidazole rings is 1. The van der Waals surface area contributed by atoms with Crippen LogP contribution in [0.3, 0.4) is 0 Å². The molecule has 0 aliphatic rings. The van der Waals surface area contributed by atoms with Gasteiger partial charge >= 0.3 is 0 Å². The summed E-state index contributed by atoms with van der Waals surface area (Å²) in [5.41, 5.74) is 4.50. The van der Waals surface area contributed by atoms with Gasteiger partial charge < -0.3 is 9.47 Å². The lowest BCUT2D eigenvalue weighted by Gasteiger charge is -2.22. The van der Waals surface area contributed by atoms with Gasteiger partial charge in [0.15, 0.2) is 0 Å². The maximum atomic E-state index is 5.92. The first-order valence-electron chi connectivity index (χ1n) is 10.7. The summed E-state index contributed by atoms with van der Waals surface area (Å²) in [6.07, 6.45) is 1.87. The van der Waals surface area contributed by atoms with E-state index in [4.69, 9.17) is 28.2 Å². The molecule has 2 aromatic carbocycles. The molecule has 0 fully saturated rings. The smallest absolute Gasteiger partial charge is 0.203 e. The van der Waals surface area contributed by atoms with Crippen LogP contribution in [0.4, 0.5) is 17.2 Å². The van der Waals surface area contributed by atoms with Crippen LogP contribution in [0.5, 0.6) is 0 Å². The van der Waals surface area contributed by atoms with Crippen molar-refractivity contribution in [3.63, 3.8) is 0 Å². The van der Waals surface area contributed by atoms with Crippen LogP contribution in [0.2, 0.25) is 0 Å². The summed E-state index contributed by atoms with van der Waals surface area (Å²) in [5.74, 6) is 2.12. The number of hydrogen-bond donors (Lipinski definition) is 0. The zero-order valence-electron chi connectivity index (χ0n) is 18.2. The summed E-state index contributed by atoms with van der Waals surface area (Å²) in [4.78, 5) is 11.5. The van der Waals surface area contributed by atoms with Gasteiger partial charge in [0.25, 0.3) is 0 Å². The van der Waals surface area contributed by atoms with E-state index in [-0.39, 0.29) is 0 Å². The molecule has 0 saturated carbocycles. The van der Waals surface area contributed by atoms with Gasteiger partial charge in [0.1, 0.15) is 5.52 Å². The SMILES string of the molecule is CC(C)Cn1cnc2c(N=Nc3ccc(N(CCCl)CCCl)cc3)nc3ccccc3c21. The van der Waals surface area contributed by atoms with E-state index in [2.05, 4.69) is 44.6 Å². The summed E-state index contributed by atoms with van der Waals surface area (Å²) in [6.45, 7) is 6.76. The monoisotopic (exact) mass is 468 g/mol. The quantitative estimate of drug-likeness (QED) is 0.197. The topological polar surface area (TPSA) is 58.7 Å². The average Bonchev–Trinajstić information content (AvgIpc) is 3.21. The van der Waals surface area contributed by atoms with E-state index in [9.17, 15) is 0 Å². The van der Waals surface area contributed by atoms with Gasteiger partial charge in [0.2, 0.25) is 5.82 Å². The minimum atomic E-state index is 0.500. The van der Waals surface area contributed by atoms with Crippen molar-refractivity contribution in [1.82, 2.24) is 14.5 Å². The predicted octanol–water partition coefficient (Wildman–Crippen LogP) is 6.94. The lowest BCUT2D eigenvalue weighted by atomic mass is 10.1. The molecule has 0 amide bonds. The number of alkyl halides is 2. The molecular weight excluding hydrogens is 443 g/mol. The summed E-state index contributed by atoms with van der Waals surface area (Å²) >= 11 is 11.8. The molecule has 166 valence electrons. The summed E-state index contributed by atoms with van der Waals surface area (Å²) < 4.78 is 2.18. The van der Waals surface area contributed by atoms with Gasteiger partial charge in [-0.2, -0.15) is 0 Å². The molecule has 0 unspecified atom stereocenters. The number of pyridine rings is 1. The number of rotatable bonds is 9. The number of para-hydroxylation sites is 1. The highest BCUT2D eigenvalue weighted by molar-refractivity contribution is 6.18. The Hall–Kier alpha value is -2.70. The first kappa shape index (κ1) is 22.5. The lowest BCUT2D eigenvalue weighted by molar-refractivity contribution is 0.533. The molecule has 8 heteroatoms. The molecule has 2 heterocycles. The van der Waals surface area contributed by atoms with E-state index < -0.39 is 0 Å². The van der Waals surface area contributed by atoms with Gasteiger partial charge in [0, 0.05) is 42.5 Å². The van der Waals surface area contributed by atoms with Crippen molar-refractivity contribution in [2.45, 2.75) is 20.4 Å². The zero-order valence-corrected chi connectivity index (χ0v) is 19.8. The van der Waals surface area contributed by atoms with Crippen molar-refractivity contribution >= 4 is 62.3 Å². The van der Waals surface area contributed by atoms with E-state index in [0.717, 1.165) is 52.9 Å². The first-order valence-corrected chi connectivity index (χ1v) is 11.8. The molecule has 4 aromatic rings. The third-order valence-electron chi connectivity index (χ3n) is 5.18. The maximum Gasteiger partial charge on any atom is 0.203 e. The van der Waals surface area contributed by atoms with Crippen molar-refractivity contribution < 1.29 is 0 Å². The molecule has 6 nitrogen and oxygen atoms in total. The van der Waals surface area contributed by atoms with Gasteiger partial charge in [-0.25, -0.2) is 9.97 Å². The Labute approximate surface area is 197 Å². The highest BCUT2D eigenvalue weighted by Crippen LogP contribution is 2.31. The van der Waals surface area contributed by atoms with Crippen LogP contribution in [0.15, 0.2) is 65.1 Å². The number of nitrogens with zero attached hydrogens (tertiary/aromatic N) is 6. The van der Waals surface area contributed by atoms with Gasteiger partial charge in [-0.15, -0.1) is 33.4 Å². The van der Waals surface area contributed by atoms with Crippen LogP contribution in [0, 0.1) is 5.92 Å². The fraction of sp³-hybridized carbons (Fsp3) is 0.333. The largest absolute Gasteiger partial charge is 0.369 e. The Balaban J connectivity index is 1.68. The van der Waals surface area contributed by atoms with Gasteiger partial charge in [-0.05, 0) is 36.2 Å². The number of aromatic nitrogens is 3. The number of fused-ring (bicyclic) bond motifs is 3. The molecule has 0 N–H and O–H groups in total. The normalized spacial score (nSPS) is 11.9. The molecular formula is C24H26Cl2N6. The molecule has 32 heavy (non-hydrogen) atoms. The minimum absolute atomic E-state index is 0.500. The summed E-state index contributed by atoms with van der Waals surface area (Å²) in [5, 5.41) is 9.99. The fourth-order valence-corrected chi connectivity index (χ4v) is 4.19. The number of azo groups is 1. The van der Waals surface area contributed by atoms with Crippen LogP contribution < -0.4 is 4.90 Å². The van der Waals surface area contributed by atoms with Crippen molar-refractivity contribution in [3.8, 4) is 0 Å². The standard InChI is InChI=1S/C24H26Cl2N6/c1-17(2)15-32-16-27-22-23(32)20-5-3-4-6-21(20)28-24(22)30-29-18-7-9-19(10-8-18)31(13-11-25)14-12-26/h3-10,16-17H,11-15H2,1-2H3. The Morgan fingerprint density at radius 2 is 1.69 bits per heavy atom. The molecule has 0 aliphatic heterocycles. The van der Waals surface area contributed by atoms with Crippen molar-refractivity contribution in [1.29, 1.82) is 0 Å². The number of anilines is 1. The number of hydrogen-bond acceptors (Lipinski definition) is 5. The Kier molecular flexibility index (Phi) is 7.22. The Morgan fingerprint density at radius 1 is 0.969 bits per heavy atom. The van der Waals surface area contributed by atoms with Crippen molar-refractivity contribution in [3.05, 3.63) is 54.9 Å². The second-order valence-corrected chi connectivity index (χ2v) is 8.78. The fourth-order valence-electron chi connectivity index (χ4n) is 3.78. The molecule has 0 radical (unpaired) electrons. The second kappa shape index (κ2) is 10.3. The predicted molar refractivity (Wildman–Crippen MR) is 134 cm³/mol. The number of benzene rings is 2. The highest BCUT2D eigenvalue weighted by Gasteiger charge is 2.14. The number of halogens is 2. The van der Waals surface area contributed by atoms with Crippen LogP contribution in [0.1, 0.15) is 13.8 Å². The van der Waals surface area contributed by atoms with E-state index in [1.54, 1.807) is 0 Å². The van der Waals surface area contributed by atoms with Crippen LogP contribution in [0.25, 0.3) is 21.9 Å². The van der Waals surface area contributed by atoms with Gasteiger partial charge in [-0.3, -0.25) is 0 Å². The molecule has 0 aliphatic carbocycles. The molecule has 0 atom stereocenters. The van der Waals surface area contributed by atoms with Crippen LogP contribution in [-0.4, -0.2) is 39.4 Å². The van der Waals surface area contributed by atoms with E-state index in [1.165, 1.54) is 0 Å². The lowest BCUT2D eigenvalue weighted by Crippen LogP contribution is -2.27. The zero-order chi connectivity index (χ0) is 22.5. The maximum absolute atomic E-state index is 5.92.